The van der Waals surface area contributed by atoms with Crippen molar-refractivity contribution in [1.82, 2.24) is 25.3 Å². The van der Waals surface area contributed by atoms with Gasteiger partial charge in [0.15, 0.2) is 5.96 Å². The Bertz CT molecular complexity index is 820. The van der Waals surface area contributed by atoms with Crippen LogP contribution >= 0.6 is 24.0 Å². The maximum absolute atomic E-state index is 14.2. The number of aliphatic imine (C=N–C) groups is 1. The van der Waals surface area contributed by atoms with Gasteiger partial charge in [0.05, 0.1) is 18.8 Å². The Morgan fingerprint density at radius 3 is 2.43 bits per heavy atom. The third-order valence-electron chi connectivity index (χ3n) is 4.64. The molecule has 2 rings (SSSR count). The third-order valence-corrected chi connectivity index (χ3v) is 4.64. The fourth-order valence-corrected chi connectivity index (χ4v) is 2.93. The lowest BCUT2D eigenvalue weighted by molar-refractivity contribution is 0.0671. The van der Waals surface area contributed by atoms with Gasteiger partial charge in [-0.2, -0.15) is 5.10 Å². The monoisotopic (exact) mass is 536 g/mol. The number of halogens is 3. The Labute approximate surface area is 193 Å². The minimum Gasteiger partial charge on any atom is -0.383 e. The molecule has 30 heavy (non-hydrogen) atoms. The first-order valence-electron chi connectivity index (χ1n) is 9.49. The Morgan fingerprint density at radius 1 is 1.30 bits per heavy atom. The van der Waals surface area contributed by atoms with Crippen molar-refractivity contribution >= 4 is 29.9 Å². The number of aryl methyl sites for hydroxylation is 1. The van der Waals surface area contributed by atoms with E-state index in [0.717, 1.165) is 0 Å². The molecule has 10 heteroatoms. The van der Waals surface area contributed by atoms with E-state index in [9.17, 15) is 13.9 Å². The molecule has 168 valence electrons. The number of hydrogen-bond donors (Lipinski definition) is 3. The van der Waals surface area contributed by atoms with E-state index in [-0.39, 0.29) is 42.6 Å². The average molecular weight is 536 g/mol. The quantitative estimate of drug-likeness (QED) is 0.275. The lowest BCUT2D eigenvalue weighted by Gasteiger charge is -2.27. The zero-order chi connectivity index (χ0) is 21.6. The van der Waals surface area contributed by atoms with Crippen molar-refractivity contribution in [1.29, 1.82) is 0 Å². The molecule has 1 aromatic carbocycles. The highest BCUT2D eigenvalue weighted by atomic mass is 127. The summed E-state index contributed by atoms with van der Waals surface area (Å²) in [7, 11) is 5.29. The van der Waals surface area contributed by atoms with Gasteiger partial charge >= 0.3 is 0 Å². The summed E-state index contributed by atoms with van der Waals surface area (Å²) < 4.78 is 30.1. The molecule has 0 radical (unpaired) electrons. The van der Waals surface area contributed by atoms with Gasteiger partial charge in [-0.15, -0.1) is 24.0 Å². The number of hydrogen-bond acceptors (Lipinski definition) is 4. The standard InChI is InChI=1S/C20H30F2N6O.HI/c1-6-23-19(25-13-20(2,29)14-10-26-28(5)12-14)24-11-17(27(3)4)18-15(21)8-7-9-16(18)22;/h7-10,12,17,29H,6,11,13H2,1-5H3,(H2,23,24,25);1H. The van der Waals surface area contributed by atoms with E-state index in [1.165, 1.54) is 18.2 Å². The number of aromatic nitrogens is 2. The van der Waals surface area contributed by atoms with Crippen LogP contribution in [0, 0.1) is 11.6 Å². The minimum absolute atomic E-state index is 0. The largest absolute Gasteiger partial charge is 0.383 e. The van der Waals surface area contributed by atoms with Gasteiger partial charge in [0, 0.05) is 37.5 Å². The van der Waals surface area contributed by atoms with Gasteiger partial charge in [-0.1, -0.05) is 6.07 Å². The molecule has 2 unspecified atom stereocenters. The SMILES string of the molecule is CCNC(=NCC(C)(O)c1cnn(C)c1)NCC(c1c(F)cccc1F)N(C)C.I. The highest BCUT2D eigenvalue weighted by Crippen LogP contribution is 2.24. The first kappa shape index (κ1) is 26.2. The van der Waals surface area contributed by atoms with Gasteiger partial charge in [-0.05, 0) is 40.1 Å². The molecular formula is C20H31F2IN6O. The Morgan fingerprint density at radius 2 is 1.93 bits per heavy atom. The number of guanidine groups is 1. The van der Waals surface area contributed by atoms with E-state index in [2.05, 4.69) is 20.7 Å². The zero-order valence-electron chi connectivity index (χ0n) is 18.0. The molecule has 0 amide bonds. The Kier molecular flexibility index (Phi) is 10.1. The molecule has 0 aliphatic heterocycles. The van der Waals surface area contributed by atoms with E-state index in [1.807, 2.05) is 6.92 Å². The van der Waals surface area contributed by atoms with Crippen LogP contribution in [0.5, 0.6) is 0 Å². The van der Waals surface area contributed by atoms with Crippen LogP contribution in [0.25, 0.3) is 0 Å². The second kappa shape index (κ2) is 11.6. The van der Waals surface area contributed by atoms with Crippen LogP contribution in [-0.4, -0.2) is 59.5 Å². The summed E-state index contributed by atoms with van der Waals surface area (Å²) in [5.74, 6) is -0.737. The predicted molar refractivity (Wildman–Crippen MR) is 125 cm³/mol. The maximum atomic E-state index is 14.2. The van der Waals surface area contributed by atoms with Gasteiger partial charge in [-0.3, -0.25) is 4.68 Å². The number of aliphatic hydroxyl groups is 1. The Balaban J connectivity index is 0.00000450. The lowest BCUT2D eigenvalue weighted by Crippen LogP contribution is -2.43. The first-order valence-corrected chi connectivity index (χ1v) is 9.49. The van der Waals surface area contributed by atoms with Crippen LogP contribution in [0.4, 0.5) is 8.78 Å². The van der Waals surface area contributed by atoms with E-state index < -0.39 is 23.3 Å². The lowest BCUT2D eigenvalue weighted by atomic mass is 10.0. The molecule has 0 bridgehead atoms. The topological polar surface area (TPSA) is 77.7 Å². The molecule has 0 saturated heterocycles. The zero-order valence-corrected chi connectivity index (χ0v) is 20.3. The van der Waals surface area contributed by atoms with Gasteiger partial charge in [0.2, 0.25) is 0 Å². The molecule has 1 aromatic heterocycles. The second-order valence-corrected chi connectivity index (χ2v) is 7.37. The normalized spacial score (nSPS) is 14.8. The molecule has 1 heterocycles. The van der Waals surface area contributed by atoms with E-state index in [1.54, 1.807) is 50.0 Å². The van der Waals surface area contributed by atoms with Gasteiger partial charge in [0.25, 0.3) is 0 Å². The molecule has 0 aliphatic carbocycles. The van der Waals surface area contributed by atoms with Crippen LogP contribution in [0.2, 0.25) is 0 Å². The van der Waals surface area contributed by atoms with Gasteiger partial charge in [-0.25, -0.2) is 13.8 Å². The van der Waals surface area contributed by atoms with Crippen molar-refractivity contribution in [3.05, 3.63) is 53.4 Å². The van der Waals surface area contributed by atoms with Crippen LogP contribution in [-0.2, 0) is 12.6 Å². The fourth-order valence-electron chi connectivity index (χ4n) is 2.93. The summed E-state index contributed by atoms with van der Waals surface area (Å²) in [5.41, 5.74) is -0.544. The van der Waals surface area contributed by atoms with Crippen LogP contribution < -0.4 is 10.6 Å². The molecule has 7 nitrogen and oxygen atoms in total. The molecule has 0 aliphatic rings. The van der Waals surface area contributed by atoms with Crippen molar-refractivity contribution in [3.8, 4) is 0 Å². The van der Waals surface area contributed by atoms with Crippen molar-refractivity contribution in [2.45, 2.75) is 25.5 Å². The molecule has 2 atom stereocenters. The van der Waals surface area contributed by atoms with Gasteiger partial charge in [0.1, 0.15) is 17.2 Å². The molecule has 2 aromatic rings. The molecule has 0 fully saturated rings. The number of rotatable bonds is 8. The number of nitrogens with zero attached hydrogens (tertiary/aromatic N) is 4. The summed E-state index contributed by atoms with van der Waals surface area (Å²) in [5, 5.41) is 21.0. The van der Waals surface area contributed by atoms with Crippen molar-refractivity contribution in [3.63, 3.8) is 0 Å². The first-order chi connectivity index (χ1) is 13.7. The van der Waals surface area contributed by atoms with Crippen molar-refractivity contribution in [2.75, 3.05) is 33.7 Å². The predicted octanol–water partition coefficient (Wildman–Crippen LogP) is 2.38. The van der Waals surface area contributed by atoms with Crippen LogP contribution in [0.1, 0.15) is 31.0 Å². The number of likely N-dealkylation sites (N-methyl/N-ethyl adjacent to an activating group) is 1. The molecule has 3 N–H and O–H groups in total. The van der Waals surface area contributed by atoms with E-state index >= 15 is 0 Å². The third kappa shape index (κ3) is 6.88. The van der Waals surface area contributed by atoms with E-state index in [0.29, 0.717) is 18.1 Å². The summed E-state index contributed by atoms with van der Waals surface area (Å²) in [6.45, 7) is 4.49. The summed E-state index contributed by atoms with van der Waals surface area (Å²) in [6, 6.07) is 3.30. The molecule has 0 saturated carbocycles. The van der Waals surface area contributed by atoms with Crippen molar-refractivity contribution < 1.29 is 13.9 Å². The summed E-state index contributed by atoms with van der Waals surface area (Å²) in [6.07, 6.45) is 3.33. The Hall–Kier alpha value is -1.79. The van der Waals surface area contributed by atoms with Crippen LogP contribution in [0.3, 0.4) is 0 Å². The number of benzene rings is 1. The average Bonchev–Trinajstić information content (AvgIpc) is 3.09. The van der Waals surface area contributed by atoms with Crippen molar-refractivity contribution in [2.24, 2.45) is 12.0 Å². The smallest absolute Gasteiger partial charge is 0.191 e. The highest BCUT2D eigenvalue weighted by molar-refractivity contribution is 14.0. The molecular weight excluding hydrogens is 505 g/mol. The van der Waals surface area contributed by atoms with E-state index in [4.69, 9.17) is 0 Å². The second-order valence-electron chi connectivity index (χ2n) is 7.37. The van der Waals surface area contributed by atoms with Gasteiger partial charge < -0.3 is 20.6 Å². The highest BCUT2D eigenvalue weighted by Gasteiger charge is 2.25. The minimum atomic E-state index is -1.20. The van der Waals surface area contributed by atoms with Crippen LogP contribution in [0.15, 0.2) is 35.6 Å². The summed E-state index contributed by atoms with van der Waals surface area (Å²) >= 11 is 0. The summed E-state index contributed by atoms with van der Waals surface area (Å²) in [4.78, 5) is 6.18. The fraction of sp³-hybridized carbons (Fsp3) is 0.500. The number of nitrogens with one attached hydrogen (secondary N) is 2. The molecule has 0 spiro atoms. The maximum Gasteiger partial charge on any atom is 0.191 e.